The van der Waals surface area contributed by atoms with Crippen LogP contribution in [0.3, 0.4) is 0 Å². The first-order valence-corrected chi connectivity index (χ1v) is 9.96. The molecule has 0 bridgehead atoms. The predicted octanol–water partition coefficient (Wildman–Crippen LogP) is 2.53. The van der Waals surface area contributed by atoms with E-state index in [0.717, 1.165) is 24.0 Å². The molecule has 0 aliphatic heterocycles. The number of nitrogens with zero attached hydrogens (tertiary/aromatic N) is 4. The summed E-state index contributed by atoms with van der Waals surface area (Å²) in [4.78, 5) is 17.1. The Bertz CT molecular complexity index is 1020. The average Bonchev–Trinajstić information content (AvgIpc) is 3.51. The standard InChI is InChI=1S/C21H25N5O4/c1-4-18-24-20(25-30-18)14-5-7-16-13(9-14)6-8-17(16)23-21(27)15-10-22-26(11-15)12-19(28-2)29-3/h5,7,9-11,17,19H,4,6,8,12H2,1-3H3,(H,23,27). The van der Waals surface area contributed by atoms with Gasteiger partial charge in [0.05, 0.1) is 24.3 Å². The number of carbonyl (C=O) groups excluding carboxylic acids is 1. The van der Waals surface area contributed by atoms with Gasteiger partial charge in [-0.3, -0.25) is 9.48 Å². The lowest BCUT2D eigenvalue weighted by Gasteiger charge is -2.14. The van der Waals surface area contributed by atoms with Crippen LogP contribution in [0.1, 0.15) is 46.8 Å². The number of aromatic nitrogens is 4. The lowest BCUT2D eigenvalue weighted by Crippen LogP contribution is -2.27. The molecule has 158 valence electrons. The Hall–Kier alpha value is -3.04. The van der Waals surface area contributed by atoms with Gasteiger partial charge in [0.2, 0.25) is 11.7 Å². The Labute approximate surface area is 174 Å². The summed E-state index contributed by atoms with van der Waals surface area (Å²) in [5.41, 5.74) is 3.75. The van der Waals surface area contributed by atoms with Crippen molar-refractivity contribution in [2.24, 2.45) is 0 Å². The summed E-state index contributed by atoms with van der Waals surface area (Å²) in [5.74, 6) is 1.07. The van der Waals surface area contributed by atoms with Crippen LogP contribution < -0.4 is 5.32 Å². The molecule has 2 aromatic heterocycles. The number of benzene rings is 1. The quantitative estimate of drug-likeness (QED) is 0.568. The minimum atomic E-state index is -0.413. The lowest BCUT2D eigenvalue weighted by molar-refractivity contribution is -0.112. The molecule has 0 radical (unpaired) electrons. The van der Waals surface area contributed by atoms with Gasteiger partial charge < -0.3 is 19.3 Å². The summed E-state index contributed by atoms with van der Waals surface area (Å²) in [6.45, 7) is 2.38. The van der Waals surface area contributed by atoms with Gasteiger partial charge >= 0.3 is 0 Å². The zero-order chi connectivity index (χ0) is 21.1. The highest BCUT2D eigenvalue weighted by molar-refractivity contribution is 5.94. The molecule has 0 spiro atoms. The summed E-state index contributed by atoms with van der Waals surface area (Å²) < 4.78 is 17.2. The molecule has 0 saturated heterocycles. The maximum Gasteiger partial charge on any atom is 0.254 e. The molecule has 9 heteroatoms. The molecule has 1 unspecified atom stereocenters. The molecular formula is C21H25N5O4. The predicted molar refractivity (Wildman–Crippen MR) is 108 cm³/mol. The third-order valence-corrected chi connectivity index (χ3v) is 5.31. The number of fused-ring (bicyclic) bond motifs is 1. The zero-order valence-electron chi connectivity index (χ0n) is 17.3. The van der Waals surface area contributed by atoms with E-state index in [1.807, 2.05) is 19.1 Å². The summed E-state index contributed by atoms with van der Waals surface area (Å²) in [5, 5.41) is 11.4. The summed E-state index contributed by atoms with van der Waals surface area (Å²) >= 11 is 0. The van der Waals surface area contributed by atoms with Gasteiger partial charge in [0.1, 0.15) is 0 Å². The molecule has 1 aliphatic carbocycles. The molecule has 1 N–H and O–H groups in total. The van der Waals surface area contributed by atoms with Crippen molar-refractivity contribution in [2.45, 2.75) is 45.1 Å². The van der Waals surface area contributed by atoms with Crippen LogP contribution in [0.4, 0.5) is 0 Å². The van der Waals surface area contributed by atoms with Crippen LogP contribution >= 0.6 is 0 Å². The van der Waals surface area contributed by atoms with E-state index < -0.39 is 6.29 Å². The van der Waals surface area contributed by atoms with E-state index >= 15 is 0 Å². The smallest absolute Gasteiger partial charge is 0.254 e. The fourth-order valence-corrected chi connectivity index (χ4v) is 3.64. The van der Waals surface area contributed by atoms with Crippen LogP contribution in [0.15, 0.2) is 35.1 Å². The van der Waals surface area contributed by atoms with Crippen molar-refractivity contribution in [2.75, 3.05) is 14.2 Å². The number of amides is 1. The Morgan fingerprint density at radius 1 is 1.37 bits per heavy atom. The van der Waals surface area contributed by atoms with Crippen LogP contribution in [0, 0.1) is 0 Å². The SMILES string of the molecule is CCc1nc(-c2ccc3c(c2)CCC3NC(=O)c2cnn(CC(OC)OC)c2)no1. The summed E-state index contributed by atoms with van der Waals surface area (Å²) in [6, 6.07) is 6.06. The van der Waals surface area contributed by atoms with Crippen molar-refractivity contribution >= 4 is 5.91 Å². The van der Waals surface area contributed by atoms with Crippen molar-refractivity contribution in [1.82, 2.24) is 25.2 Å². The number of carbonyl (C=O) groups is 1. The van der Waals surface area contributed by atoms with Crippen molar-refractivity contribution in [3.05, 3.63) is 53.2 Å². The fourth-order valence-electron chi connectivity index (χ4n) is 3.64. The van der Waals surface area contributed by atoms with E-state index in [0.29, 0.717) is 30.2 Å². The Morgan fingerprint density at radius 2 is 2.20 bits per heavy atom. The van der Waals surface area contributed by atoms with Crippen LogP contribution in [0.5, 0.6) is 0 Å². The first-order valence-electron chi connectivity index (χ1n) is 9.96. The van der Waals surface area contributed by atoms with Crippen molar-refractivity contribution < 1.29 is 18.8 Å². The molecule has 1 aliphatic rings. The number of hydrogen-bond donors (Lipinski definition) is 1. The molecule has 0 fully saturated rings. The number of rotatable bonds is 8. The van der Waals surface area contributed by atoms with Gasteiger partial charge in [-0.1, -0.05) is 24.2 Å². The monoisotopic (exact) mass is 411 g/mol. The van der Waals surface area contributed by atoms with E-state index in [2.05, 4.69) is 26.6 Å². The molecular weight excluding hydrogens is 386 g/mol. The molecule has 3 aromatic rings. The third-order valence-electron chi connectivity index (χ3n) is 5.31. The Morgan fingerprint density at radius 3 is 2.93 bits per heavy atom. The lowest BCUT2D eigenvalue weighted by atomic mass is 10.0. The number of ether oxygens (including phenoxy) is 2. The second kappa shape index (κ2) is 8.76. The summed E-state index contributed by atoms with van der Waals surface area (Å²) in [7, 11) is 3.13. The minimum absolute atomic E-state index is 0.0351. The van der Waals surface area contributed by atoms with Crippen molar-refractivity contribution in [1.29, 1.82) is 0 Å². The van der Waals surface area contributed by atoms with Crippen molar-refractivity contribution in [3.8, 4) is 11.4 Å². The van der Waals surface area contributed by atoms with Gasteiger partial charge in [-0.05, 0) is 30.0 Å². The first kappa shape index (κ1) is 20.2. The van der Waals surface area contributed by atoms with Crippen molar-refractivity contribution in [3.63, 3.8) is 0 Å². The fraction of sp³-hybridized carbons (Fsp3) is 0.429. The van der Waals surface area contributed by atoms with Crippen LogP contribution in [-0.2, 0) is 28.9 Å². The highest BCUT2D eigenvalue weighted by Crippen LogP contribution is 2.34. The van der Waals surface area contributed by atoms with Gasteiger partial charge in [-0.2, -0.15) is 10.1 Å². The second-order valence-corrected chi connectivity index (χ2v) is 7.20. The van der Waals surface area contributed by atoms with Crippen LogP contribution in [-0.4, -0.2) is 46.3 Å². The van der Waals surface area contributed by atoms with Gasteiger partial charge in [-0.15, -0.1) is 0 Å². The van der Waals surface area contributed by atoms with E-state index in [9.17, 15) is 4.79 Å². The number of hydrogen-bond acceptors (Lipinski definition) is 7. The largest absolute Gasteiger partial charge is 0.354 e. The molecule has 2 heterocycles. The molecule has 4 rings (SSSR count). The summed E-state index contributed by atoms with van der Waals surface area (Å²) in [6.07, 6.45) is 5.28. The number of methoxy groups -OCH3 is 2. The van der Waals surface area contributed by atoms with E-state index in [1.54, 1.807) is 31.3 Å². The third kappa shape index (κ3) is 4.12. The zero-order valence-corrected chi connectivity index (χ0v) is 17.3. The Kier molecular flexibility index (Phi) is 5.91. The maximum absolute atomic E-state index is 12.7. The maximum atomic E-state index is 12.7. The van der Waals surface area contributed by atoms with E-state index in [4.69, 9.17) is 14.0 Å². The van der Waals surface area contributed by atoms with E-state index in [1.165, 1.54) is 5.56 Å². The average molecular weight is 411 g/mol. The molecule has 1 amide bonds. The first-order chi connectivity index (χ1) is 14.6. The van der Waals surface area contributed by atoms with Gasteiger partial charge in [0.25, 0.3) is 5.91 Å². The molecule has 30 heavy (non-hydrogen) atoms. The Balaban J connectivity index is 1.43. The molecule has 0 saturated carbocycles. The highest BCUT2D eigenvalue weighted by Gasteiger charge is 2.26. The van der Waals surface area contributed by atoms with Gasteiger partial charge in [0, 0.05) is 32.4 Å². The number of aryl methyl sites for hydroxylation is 2. The molecule has 9 nitrogen and oxygen atoms in total. The normalized spacial score (nSPS) is 15.5. The van der Waals surface area contributed by atoms with Crippen LogP contribution in [0.2, 0.25) is 0 Å². The number of nitrogens with one attached hydrogen (secondary N) is 1. The highest BCUT2D eigenvalue weighted by atomic mass is 16.7. The van der Waals surface area contributed by atoms with Crippen LogP contribution in [0.25, 0.3) is 11.4 Å². The second-order valence-electron chi connectivity index (χ2n) is 7.20. The molecule has 1 aromatic carbocycles. The molecule has 1 atom stereocenters. The van der Waals surface area contributed by atoms with Gasteiger partial charge in [0.15, 0.2) is 6.29 Å². The minimum Gasteiger partial charge on any atom is -0.354 e. The van der Waals surface area contributed by atoms with E-state index in [-0.39, 0.29) is 11.9 Å². The topological polar surface area (TPSA) is 104 Å². The van der Waals surface area contributed by atoms with Gasteiger partial charge in [-0.25, -0.2) is 0 Å².